The van der Waals surface area contributed by atoms with E-state index in [4.69, 9.17) is 0 Å². The number of nitrogens with zero attached hydrogens (tertiary/aromatic N) is 5. The van der Waals surface area contributed by atoms with Gasteiger partial charge in [0.15, 0.2) is 0 Å². The minimum atomic E-state index is -4.43. The topological polar surface area (TPSA) is 56.0 Å². The highest BCUT2D eigenvalue weighted by molar-refractivity contribution is 5.79. The Morgan fingerprint density at radius 3 is 2.62 bits per heavy atom. The molecule has 0 radical (unpaired) electrons. The van der Waals surface area contributed by atoms with E-state index in [-0.39, 0.29) is 0 Å². The van der Waals surface area contributed by atoms with Crippen LogP contribution in [0.4, 0.5) is 13.2 Å². The van der Waals surface area contributed by atoms with Gasteiger partial charge in [-0.1, -0.05) is 12.1 Å². The first-order valence-electron chi connectivity index (χ1n) is 7.73. The number of aromatic nitrogens is 5. The summed E-state index contributed by atoms with van der Waals surface area (Å²) in [6.45, 7) is 1.82. The first-order valence-corrected chi connectivity index (χ1v) is 7.73. The third kappa shape index (κ3) is 2.79. The van der Waals surface area contributed by atoms with Crippen LogP contribution in [0.2, 0.25) is 0 Å². The summed E-state index contributed by atoms with van der Waals surface area (Å²) in [5.41, 5.74) is 1.86. The van der Waals surface area contributed by atoms with E-state index in [1.807, 2.05) is 6.92 Å². The number of benzene rings is 1. The molecule has 1 aromatic carbocycles. The van der Waals surface area contributed by atoms with Crippen LogP contribution in [-0.2, 0) is 6.18 Å². The van der Waals surface area contributed by atoms with Gasteiger partial charge in [-0.05, 0) is 31.2 Å². The molecule has 4 rings (SSSR count). The zero-order chi connectivity index (χ0) is 18.3. The van der Waals surface area contributed by atoms with Crippen LogP contribution < -0.4 is 0 Å². The molecule has 0 aliphatic heterocycles. The van der Waals surface area contributed by atoms with Gasteiger partial charge in [0.25, 0.3) is 0 Å². The number of aryl methyl sites for hydroxylation is 1. The van der Waals surface area contributed by atoms with Crippen molar-refractivity contribution in [2.24, 2.45) is 0 Å². The second-order valence-corrected chi connectivity index (χ2v) is 5.72. The molecule has 0 saturated heterocycles. The summed E-state index contributed by atoms with van der Waals surface area (Å²) in [6.07, 6.45) is 0.295. The number of hydrogen-bond donors (Lipinski definition) is 0. The monoisotopic (exact) mass is 355 g/mol. The SMILES string of the molecule is Cc1ccn2c(-c3ccncn3)c(-c3cccc(C(F)(F)F)c3)nc2n1. The quantitative estimate of drug-likeness (QED) is 0.541. The summed E-state index contributed by atoms with van der Waals surface area (Å²) < 4.78 is 41.0. The van der Waals surface area contributed by atoms with Crippen LogP contribution in [-0.4, -0.2) is 24.3 Å². The molecule has 0 atom stereocenters. The predicted molar refractivity (Wildman–Crippen MR) is 89.2 cm³/mol. The lowest BCUT2D eigenvalue weighted by atomic mass is 10.1. The normalized spacial score (nSPS) is 11.8. The molecule has 130 valence electrons. The van der Waals surface area contributed by atoms with Crippen molar-refractivity contribution >= 4 is 5.78 Å². The van der Waals surface area contributed by atoms with Gasteiger partial charge in [-0.2, -0.15) is 13.2 Å². The summed E-state index contributed by atoms with van der Waals surface area (Å²) in [4.78, 5) is 17.0. The van der Waals surface area contributed by atoms with Gasteiger partial charge in [0.05, 0.1) is 11.3 Å². The Morgan fingerprint density at radius 2 is 1.88 bits per heavy atom. The fraction of sp³-hybridized carbons (Fsp3) is 0.111. The first kappa shape index (κ1) is 16.2. The Balaban J connectivity index is 2.01. The summed E-state index contributed by atoms with van der Waals surface area (Å²) in [7, 11) is 0. The van der Waals surface area contributed by atoms with E-state index >= 15 is 0 Å². The number of imidazole rings is 1. The van der Waals surface area contributed by atoms with Crippen molar-refractivity contribution in [3.8, 4) is 22.6 Å². The molecule has 0 fully saturated rings. The van der Waals surface area contributed by atoms with Crippen LogP contribution in [0.25, 0.3) is 28.4 Å². The Morgan fingerprint density at radius 1 is 1.04 bits per heavy atom. The molecule has 8 heteroatoms. The molecule has 5 nitrogen and oxygen atoms in total. The van der Waals surface area contributed by atoms with Gasteiger partial charge in [0.1, 0.15) is 17.7 Å². The average molecular weight is 355 g/mol. The number of halogens is 3. The van der Waals surface area contributed by atoms with E-state index < -0.39 is 11.7 Å². The van der Waals surface area contributed by atoms with E-state index in [0.29, 0.717) is 28.4 Å². The largest absolute Gasteiger partial charge is 0.416 e. The van der Waals surface area contributed by atoms with Crippen LogP contribution in [0, 0.1) is 6.92 Å². The maximum absolute atomic E-state index is 13.1. The summed E-state index contributed by atoms with van der Waals surface area (Å²) >= 11 is 0. The van der Waals surface area contributed by atoms with E-state index in [0.717, 1.165) is 17.8 Å². The molecule has 0 N–H and O–H groups in total. The third-order valence-electron chi connectivity index (χ3n) is 3.92. The van der Waals surface area contributed by atoms with Crippen molar-refractivity contribution in [2.45, 2.75) is 13.1 Å². The van der Waals surface area contributed by atoms with Crippen molar-refractivity contribution in [3.63, 3.8) is 0 Å². The van der Waals surface area contributed by atoms with Gasteiger partial charge >= 0.3 is 6.18 Å². The zero-order valence-electron chi connectivity index (χ0n) is 13.6. The molecule has 0 saturated carbocycles. The lowest BCUT2D eigenvalue weighted by Gasteiger charge is -2.09. The second kappa shape index (κ2) is 5.91. The Labute approximate surface area is 146 Å². The highest BCUT2D eigenvalue weighted by atomic mass is 19.4. The molecular weight excluding hydrogens is 343 g/mol. The lowest BCUT2D eigenvalue weighted by molar-refractivity contribution is -0.137. The maximum atomic E-state index is 13.1. The van der Waals surface area contributed by atoms with Crippen LogP contribution >= 0.6 is 0 Å². The summed E-state index contributed by atoms with van der Waals surface area (Å²) in [5, 5.41) is 0. The number of fused-ring (bicyclic) bond motifs is 1. The van der Waals surface area contributed by atoms with E-state index in [1.54, 1.807) is 35.0 Å². The summed E-state index contributed by atoms with van der Waals surface area (Å²) in [5.74, 6) is 0.394. The minimum Gasteiger partial charge on any atom is -0.281 e. The Kier molecular flexibility index (Phi) is 3.68. The molecule has 0 unspecified atom stereocenters. The van der Waals surface area contributed by atoms with Gasteiger partial charge < -0.3 is 0 Å². The van der Waals surface area contributed by atoms with Crippen LogP contribution in [0.3, 0.4) is 0 Å². The minimum absolute atomic E-state index is 0.344. The van der Waals surface area contributed by atoms with Crippen molar-refractivity contribution in [1.29, 1.82) is 0 Å². The first-order chi connectivity index (χ1) is 12.4. The standard InChI is InChI=1S/C18H12F3N5/c1-11-6-8-26-16(14-5-7-22-10-23-14)15(25-17(26)24-11)12-3-2-4-13(9-12)18(19,20)21/h2-10H,1H3. The molecule has 0 amide bonds. The van der Waals surface area contributed by atoms with Crippen molar-refractivity contribution in [3.05, 3.63) is 66.4 Å². The van der Waals surface area contributed by atoms with Gasteiger partial charge in [-0.3, -0.25) is 4.40 Å². The zero-order valence-corrected chi connectivity index (χ0v) is 13.6. The van der Waals surface area contributed by atoms with Crippen molar-refractivity contribution in [2.75, 3.05) is 0 Å². The third-order valence-corrected chi connectivity index (χ3v) is 3.92. The maximum Gasteiger partial charge on any atom is 0.416 e. The van der Waals surface area contributed by atoms with Crippen molar-refractivity contribution in [1.82, 2.24) is 24.3 Å². The van der Waals surface area contributed by atoms with E-state index in [2.05, 4.69) is 19.9 Å². The fourth-order valence-corrected chi connectivity index (χ4v) is 2.74. The number of alkyl halides is 3. The molecule has 0 bridgehead atoms. The lowest BCUT2D eigenvalue weighted by Crippen LogP contribution is -2.04. The predicted octanol–water partition coefficient (Wildman–Crippen LogP) is 4.18. The summed E-state index contributed by atoms with van der Waals surface area (Å²) in [6, 6.07) is 8.56. The smallest absolute Gasteiger partial charge is 0.281 e. The van der Waals surface area contributed by atoms with Crippen molar-refractivity contribution < 1.29 is 13.2 Å². The molecule has 26 heavy (non-hydrogen) atoms. The Bertz CT molecular complexity index is 1090. The fourth-order valence-electron chi connectivity index (χ4n) is 2.74. The highest BCUT2D eigenvalue weighted by Crippen LogP contribution is 2.35. The van der Waals surface area contributed by atoms with Crippen LogP contribution in [0.15, 0.2) is 55.1 Å². The molecule has 0 aliphatic rings. The highest BCUT2D eigenvalue weighted by Gasteiger charge is 2.31. The average Bonchev–Trinajstić information content (AvgIpc) is 3.00. The Hall–Kier alpha value is -3.29. The molecule has 3 aromatic heterocycles. The molecule has 3 heterocycles. The molecular formula is C18H12F3N5. The molecule has 0 spiro atoms. The van der Waals surface area contributed by atoms with Gasteiger partial charge in [0.2, 0.25) is 5.78 Å². The van der Waals surface area contributed by atoms with Gasteiger partial charge in [0, 0.05) is 23.7 Å². The molecule has 4 aromatic rings. The number of hydrogen-bond acceptors (Lipinski definition) is 4. The van der Waals surface area contributed by atoms with E-state index in [9.17, 15) is 13.2 Å². The molecule has 0 aliphatic carbocycles. The van der Waals surface area contributed by atoms with Gasteiger partial charge in [-0.15, -0.1) is 0 Å². The van der Waals surface area contributed by atoms with Gasteiger partial charge in [-0.25, -0.2) is 19.9 Å². The number of rotatable bonds is 2. The van der Waals surface area contributed by atoms with Crippen LogP contribution in [0.1, 0.15) is 11.3 Å². The second-order valence-electron chi connectivity index (χ2n) is 5.72. The van der Waals surface area contributed by atoms with Crippen LogP contribution in [0.5, 0.6) is 0 Å². The van der Waals surface area contributed by atoms with E-state index in [1.165, 1.54) is 12.4 Å².